The molecule has 2 heterocycles. The van der Waals surface area contributed by atoms with E-state index in [2.05, 4.69) is 15.4 Å². The SMILES string of the molecule is Cn1cc(Nc2nc(C(=O)O)cc3ccccc23)cn1. The Morgan fingerprint density at radius 2 is 2.15 bits per heavy atom. The Labute approximate surface area is 114 Å². The molecule has 6 nitrogen and oxygen atoms in total. The molecule has 0 aliphatic carbocycles. The molecule has 0 aliphatic heterocycles. The fraction of sp³-hybridized carbons (Fsp3) is 0.0714. The topological polar surface area (TPSA) is 80.0 Å². The average Bonchev–Trinajstić information content (AvgIpc) is 2.84. The van der Waals surface area contributed by atoms with Gasteiger partial charge in [-0.15, -0.1) is 0 Å². The van der Waals surface area contributed by atoms with Crippen LogP contribution >= 0.6 is 0 Å². The Kier molecular flexibility index (Phi) is 2.83. The number of rotatable bonds is 3. The molecule has 2 N–H and O–H groups in total. The molecule has 2 aromatic heterocycles. The molecule has 0 amide bonds. The van der Waals surface area contributed by atoms with E-state index in [1.165, 1.54) is 0 Å². The summed E-state index contributed by atoms with van der Waals surface area (Å²) in [4.78, 5) is 15.3. The van der Waals surface area contributed by atoms with Gasteiger partial charge in [0, 0.05) is 18.6 Å². The number of aromatic carboxylic acids is 1. The Bertz CT molecular complexity index is 795. The first-order valence-corrected chi connectivity index (χ1v) is 6.02. The fourth-order valence-electron chi connectivity index (χ4n) is 2.03. The quantitative estimate of drug-likeness (QED) is 0.762. The molecule has 20 heavy (non-hydrogen) atoms. The van der Waals surface area contributed by atoms with E-state index in [1.54, 1.807) is 23.1 Å². The lowest BCUT2D eigenvalue weighted by Gasteiger charge is -2.08. The van der Waals surface area contributed by atoms with E-state index in [0.29, 0.717) is 5.82 Å². The van der Waals surface area contributed by atoms with Crippen LogP contribution in [0.4, 0.5) is 11.5 Å². The van der Waals surface area contributed by atoms with Crippen LogP contribution in [0.1, 0.15) is 10.5 Å². The number of carboxylic acid groups (broad SMARTS) is 1. The highest BCUT2D eigenvalue weighted by Crippen LogP contribution is 2.25. The van der Waals surface area contributed by atoms with Crippen LogP contribution in [-0.2, 0) is 7.05 Å². The summed E-state index contributed by atoms with van der Waals surface area (Å²) in [6.45, 7) is 0. The van der Waals surface area contributed by atoms with E-state index in [9.17, 15) is 4.79 Å². The van der Waals surface area contributed by atoms with Crippen LogP contribution in [0.15, 0.2) is 42.7 Å². The van der Waals surface area contributed by atoms with Crippen molar-refractivity contribution in [3.8, 4) is 0 Å². The van der Waals surface area contributed by atoms with Crippen molar-refractivity contribution in [3.63, 3.8) is 0 Å². The maximum absolute atomic E-state index is 11.1. The number of benzene rings is 1. The zero-order valence-corrected chi connectivity index (χ0v) is 10.7. The lowest BCUT2D eigenvalue weighted by Crippen LogP contribution is -2.03. The third-order valence-electron chi connectivity index (χ3n) is 2.93. The highest BCUT2D eigenvalue weighted by Gasteiger charge is 2.11. The van der Waals surface area contributed by atoms with Crippen LogP contribution in [0.2, 0.25) is 0 Å². The number of aromatic nitrogens is 3. The second-order valence-corrected chi connectivity index (χ2v) is 4.41. The fourth-order valence-corrected chi connectivity index (χ4v) is 2.03. The van der Waals surface area contributed by atoms with Crippen LogP contribution < -0.4 is 5.32 Å². The van der Waals surface area contributed by atoms with E-state index in [-0.39, 0.29) is 5.69 Å². The number of anilines is 2. The van der Waals surface area contributed by atoms with Gasteiger partial charge in [-0.1, -0.05) is 24.3 Å². The van der Waals surface area contributed by atoms with Gasteiger partial charge in [-0.3, -0.25) is 4.68 Å². The van der Waals surface area contributed by atoms with Gasteiger partial charge in [0.2, 0.25) is 0 Å². The van der Waals surface area contributed by atoms with Crippen molar-refractivity contribution in [1.29, 1.82) is 0 Å². The molecule has 0 saturated heterocycles. The minimum atomic E-state index is -1.05. The molecule has 6 heteroatoms. The molecule has 3 rings (SSSR count). The zero-order valence-electron chi connectivity index (χ0n) is 10.7. The van der Waals surface area contributed by atoms with Crippen molar-refractivity contribution in [3.05, 3.63) is 48.4 Å². The summed E-state index contributed by atoms with van der Waals surface area (Å²) in [5.41, 5.74) is 0.766. The molecule has 0 unspecified atom stereocenters. The smallest absolute Gasteiger partial charge is 0.354 e. The Morgan fingerprint density at radius 3 is 2.85 bits per heavy atom. The maximum Gasteiger partial charge on any atom is 0.354 e. The van der Waals surface area contributed by atoms with Crippen LogP contribution in [0.3, 0.4) is 0 Å². The summed E-state index contributed by atoms with van der Waals surface area (Å²) in [7, 11) is 1.81. The summed E-state index contributed by atoms with van der Waals surface area (Å²) in [5.74, 6) is -0.543. The minimum absolute atomic E-state index is 0.00934. The van der Waals surface area contributed by atoms with Gasteiger partial charge < -0.3 is 10.4 Å². The molecular formula is C14H12N4O2. The number of carboxylic acids is 1. The van der Waals surface area contributed by atoms with Crippen molar-refractivity contribution < 1.29 is 9.90 Å². The molecule has 0 bridgehead atoms. The van der Waals surface area contributed by atoms with Gasteiger partial charge >= 0.3 is 5.97 Å². The van der Waals surface area contributed by atoms with Gasteiger partial charge in [0.15, 0.2) is 5.69 Å². The molecule has 3 aromatic rings. The second-order valence-electron chi connectivity index (χ2n) is 4.41. The second kappa shape index (κ2) is 4.65. The summed E-state index contributed by atoms with van der Waals surface area (Å²) >= 11 is 0. The zero-order chi connectivity index (χ0) is 14.1. The summed E-state index contributed by atoms with van der Waals surface area (Å²) in [5, 5.41) is 18.0. The molecule has 0 saturated carbocycles. The predicted octanol–water partition coefficient (Wildman–Crippen LogP) is 2.41. The van der Waals surface area contributed by atoms with Crippen LogP contribution in [0.5, 0.6) is 0 Å². The van der Waals surface area contributed by atoms with Gasteiger partial charge in [-0.2, -0.15) is 5.10 Å². The molecule has 0 aliphatic rings. The minimum Gasteiger partial charge on any atom is -0.477 e. The molecular weight excluding hydrogens is 256 g/mol. The van der Waals surface area contributed by atoms with E-state index in [0.717, 1.165) is 16.5 Å². The lowest BCUT2D eigenvalue weighted by atomic mass is 10.1. The standard InChI is InChI=1S/C14H12N4O2/c1-18-8-10(7-15-18)16-13-11-5-3-2-4-9(11)6-12(17-13)14(19)20/h2-8H,1H3,(H,16,17)(H,19,20). The van der Waals surface area contributed by atoms with Gasteiger partial charge in [0.05, 0.1) is 11.9 Å². The summed E-state index contributed by atoms with van der Waals surface area (Å²) in [6, 6.07) is 9.07. The average molecular weight is 268 g/mol. The van der Waals surface area contributed by atoms with Gasteiger partial charge in [0.25, 0.3) is 0 Å². The van der Waals surface area contributed by atoms with E-state index >= 15 is 0 Å². The number of aryl methyl sites for hydroxylation is 1. The van der Waals surface area contributed by atoms with E-state index < -0.39 is 5.97 Å². The third-order valence-corrected chi connectivity index (χ3v) is 2.93. The first-order valence-electron chi connectivity index (χ1n) is 6.02. The van der Waals surface area contributed by atoms with Crippen molar-refractivity contribution in [2.24, 2.45) is 7.05 Å². The number of hydrogen-bond donors (Lipinski definition) is 2. The van der Waals surface area contributed by atoms with Gasteiger partial charge in [-0.25, -0.2) is 9.78 Å². The summed E-state index contributed by atoms with van der Waals surface area (Å²) in [6.07, 6.45) is 3.45. The van der Waals surface area contributed by atoms with Crippen LogP contribution in [0.25, 0.3) is 10.8 Å². The highest BCUT2D eigenvalue weighted by molar-refractivity contribution is 5.98. The first kappa shape index (κ1) is 12.2. The molecule has 0 atom stereocenters. The number of hydrogen-bond acceptors (Lipinski definition) is 4. The maximum atomic E-state index is 11.1. The molecule has 0 radical (unpaired) electrons. The van der Waals surface area contributed by atoms with E-state index in [1.807, 2.05) is 31.3 Å². The summed E-state index contributed by atoms with van der Waals surface area (Å²) < 4.78 is 1.66. The molecule has 100 valence electrons. The van der Waals surface area contributed by atoms with Crippen molar-refractivity contribution in [1.82, 2.24) is 14.8 Å². The lowest BCUT2D eigenvalue weighted by molar-refractivity contribution is 0.0691. The first-order chi connectivity index (χ1) is 9.63. The highest BCUT2D eigenvalue weighted by atomic mass is 16.4. The molecule has 0 spiro atoms. The number of nitrogens with one attached hydrogen (secondary N) is 1. The van der Waals surface area contributed by atoms with Crippen molar-refractivity contribution in [2.75, 3.05) is 5.32 Å². The number of nitrogens with zero attached hydrogens (tertiary/aromatic N) is 3. The predicted molar refractivity (Wildman–Crippen MR) is 75.2 cm³/mol. The van der Waals surface area contributed by atoms with Crippen molar-refractivity contribution >= 4 is 28.2 Å². The van der Waals surface area contributed by atoms with Gasteiger partial charge in [0.1, 0.15) is 5.82 Å². The monoisotopic (exact) mass is 268 g/mol. The molecule has 0 fully saturated rings. The van der Waals surface area contributed by atoms with Crippen LogP contribution in [-0.4, -0.2) is 25.8 Å². The normalized spacial score (nSPS) is 10.7. The van der Waals surface area contributed by atoms with Crippen molar-refractivity contribution in [2.45, 2.75) is 0 Å². The van der Waals surface area contributed by atoms with Gasteiger partial charge in [-0.05, 0) is 11.5 Å². The number of pyridine rings is 1. The Balaban J connectivity index is 2.14. The Hall–Kier alpha value is -2.89. The number of carbonyl (C=O) groups is 1. The number of fused-ring (bicyclic) bond motifs is 1. The van der Waals surface area contributed by atoms with E-state index in [4.69, 9.17) is 5.11 Å². The van der Waals surface area contributed by atoms with Crippen LogP contribution in [0, 0.1) is 0 Å². The Morgan fingerprint density at radius 1 is 1.35 bits per heavy atom. The largest absolute Gasteiger partial charge is 0.477 e. The molecule has 1 aromatic carbocycles. The third kappa shape index (κ3) is 2.18.